The molecule has 0 aliphatic heterocycles. The highest BCUT2D eigenvalue weighted by Gasteiger charge is 2.24. The second-order valence-electron chi connectivity index (χ2n) is 5.31. The maximum absolute atomic E-state index is 11.4. The van der Waals surface area contributed by atoms with Crippen LogP contribution in [0.2, 0.25) is 0 Å². The molecule has 0 saturated heterocycles. The third-order valence-electron chi connectivity index (χ3n) is 2.47. The predicted octanol–water partition coefficient (Wildman–Crippen LogP) is 0.961. The summed E-state index contributed by atoms with van der Waals surface area (Å²) in [6, 6.07) is 0.126. The fourth-order valence-corrected chi connectivity index (χ4v) is 2.84. The lowest BCUT2D eigenvalue weighted by Gasteiger charge is -2.31. The van der Waals surface area contributed by atoms with Crippen molar-refractivity contribution in [2.75, 3.05) is 12.8 Å². The first-order chi connectivity index (χ1) is 7.44. The molecule has 0 heterocycles. The molecule has 0 radical (unpaired) electrons. The summed E-state index contributed by atoms with van der Waals surface area (Å²) in [6.45, 7) is 9.58. The summed E-state index contributed by atoms with van der Waals surface area (Å²) in [5.41, 5.74) is -0.545. The van der Waals surface area contributed by atoms with E-state index in [4.69, 9.17) is 0 Å². The minimum atomic E-state index is -3.22. The number of amides is 1. The van der Waals surface area contributed by atoms with Gasteiger partial charge in [-0.05, 0) is 34.1 Å². The summed E-state index contributed by atoms with van der Waals surface area (Å²) in [5.74, 6) is 0.00940. The summed E-state index contributed by atoms with van der Waals surface area (Å²) in [7, 11) is -3.22. The fraction of sp³-hybridized carbons (Fsp3) is 0.909. The quantitative estimate of drug-likeness (QED) is 0.777. The topological polar surface area (TPSA) is 66.5 Å². The van der Waals surface area contributed by atoms with Gasteiger partial charge in [-0.3, -0.25) is 4.79 Å². The van der Waals surface area contributed by atoms with Crippen LogP contribution in [0.1, 0.15) is 41.0 Å². The molecule has 0 rings (SSSR count). The predicted molar refractivity (Wildman–Crippen MR) is 69.2 cm³/mol. The zero-order valence-electron chi connectivity index (χ0n) is 11.6. The van der Waals surface area contributed by atoms with Gasteiger partial charge in [0.2, 0.25) is 15.9 Å². The average Bonchev–Trinajstić information content (AvgIpc) is 1.96. The van der Waals surface area contributed by atoms with Gasteiger partial charge in [-0.2, -0.15) is 0 Å². The third kappa shape index (κ3) is 7.33. The first-order valence-corrected chi connectivity index (χ1v) is 7.60. The van der Waals surface area contributed by atoms with E-state index in [9.17, 15) is 13.2 Å². The van der Waals surface area contributed by atoms with Crippen molar-refractivity contribution in [3.8, 4) is 0 Å². The molecule has 0 saturated carbocycles. The number of nitrogens with zero attached hydrogens (tertiary/aromatic N) is 1. The van der Waals surface area contributed by atoms with Crippen molar-refractivity contribution in [2.45, 2.75) is 52.6 Å². The summed E-state index contributed by atoms with van der Waals surface area (Å²) >= 11 is 0. The zero-order valence-corrected chi connectivity index (χ0v) is 12.4. The Hall–Kier alpha value is -0.620. The molecule has 1 N–H and O–H groups in total. The van der Waals surface area contributed by atoms with Crippen molar-refractivity contribution in [2.24, 2.45) is 0 Å². The van der Waals surface area contributed by atoms with E-state index in [-0.39, 0.29) is 11.9 Å². The second kappa shape index (κ2) is 5.82. The van der Waals surface area contributed by atoms with Gasteiger partial charge in [-0.15, -0.1) is 0 Å². The monoisotopic (exact) mass is 264 g/mol. The Morgan fingerprint density at radius 2 is 1.82 bits per heavy atom. The smallest absolute Gasteiger partial charge is 0.219 e. The zero-order chi connectivity index (χ0) is 13.9. The molecule has 0 fully saturated rings. The first-order valence-electron chi connectivity index (χ1n) is 5.71. The van der Waals surface area contributed by atoms with Crippen LogP contribution in [0.25, 0.3) is 0 Å². The molecule has 0 aromatic rings. The van der Waals surface area contributed by atoms with Crippen molar-refractivity contribution in [1.82, 2.24) is 9.62 Å². The Labute approximate surface area is 105 Å². The molecule has 1 amide bonds. The van der Waals surface area contributed by atoms with Gasteiger partial charge < -0.3 is 4.90 Å². The van der Waals surface area contributed by atoms with E-state index in [0.717, 1.165) is 6.26 Å². The molecule has 102 valence electrons. The Morgan fingerprint density at radius 1 is 1.35 bits per heavy atom. The molecule has 5 nitrogen and oxygen atoms in total. The number of hydrogen-bond acceptors (Lipinski definition) is 3. The van der Waals surface area contributed by atoms with E-state index < -0.39 is 15.6 Å². The van der Waals surface area contributed by atoms with Crippen molar-refractivity contribution < 1.29 is 13.2 Å². The Kier molecular flexibility index (Phi) is 5.61. The Balaban J connectivity index is 4.48. The standard InChI is InChI=1S/C11H24N2O3S/c1-9(2)13(10(3)14)8-7-11(4,5)12-17(6,15)16/h9,12H,7-8H2,1-6H3. The summed E-state index contributed by atoms with van der Waals surface area (Å²) < 4.78 is 24.9. The molecular weight excluding hydrogens is 240 g/mol. The van der Waals surface area contributed by atoms with Crippen molar-refractivity contribution in [3.63, 3.8) is 0 Å². The van der Waals surface area contributed by atoms with Gasteiger partial charge in [-0.1, -0.05) is 0 Å². The lowest BCUT2D eigenvalue weighted by molar-refractivity contribution is -0.130. The van der Waals surface area contributed by atoms with E-state index in [1.54, 1.807) is 4.90 Å². The van der Waals surface area contributed by atoms with Crippen molar-refractivity contribution in [1.29, 1.82) is 0 Å². The van der Waals surface area contributed by atoms with Crippen LogP contribution < -0.4 is 4.72 Å². The lowest BCUT2D eigenvalue weighted by atomic mass is 10.0. The van der Waals surface area contributed by atoms with E-state index in [0.29, 0.717) is 13.0 Å². The SMILES string of the molecule is CC(=O)N(CCC(C)(C)NS(C)(=O)=O)C(C)C. The maximum Gasteiger partial charge on any atom is 0.219 e. The van der Waals surface area contributed by atoms with Crippen LogP contribution in [0.5, 0.6) is 0 Å². The van der Waals surface area contributed by atoms with Gasteiger partial charge in [0.1, 0.15) is 0 Å². The molecule has 0 aliphatic rings. The molecular formula is C11H24N2O3S. The minimum Gasteiger partial charge on any atom is -0.340 e. The van der Waals surface area contributed by atoms with E-state index in [1.165, 1.54) is 6.92 Å². The van der Waals surface area contributed by atoms with Gasteiger partial charge in [-0.25, -0.2) is 13.1 Å². The highest BCUT2D eigenvalue weighted by molar-refractivity contribution is 7.88. The largest absolute Gasteiger partial charge is 0.340 e. The van der Waals surface area contributed by atoms with Gasteiger partial charge in [0.25, 0.3) is 0 Å². The Bertz CT molecular complexity index is 361. The molecule has 0 bridgehead atoms. The molecule has 6 heteroatoms. The number of hydrogen-bond donors (Lipinski definition) is 1. The van der Waals surface area contributed by atoms with E-state index in [1.807, 2.05) is 27.7 Å². The van der Waals surface area contributed by atoms with Crippen molar-refractivity contribution in [3.05, 3.63) is 0 Å². The fourth-order valence-electron chi connectivity index (χ4n) is 1.73. The number of rotatable bonds is 6. The lowest BCUT2D eigenvalue weighted by Crippen LogP contribution is -2.46. The normalized spacial score (nSPS) is 12.9. The summed E-state index contributed by atoms with van der Waals surface area (Å²) in [4.78, 5) is 13.1. The van der Waals surface area contributed by atoms with E-state index >= 15 is 0 Å². The number of sulfonamides is 1. The van der Waals surface area contributed by atoms with Crippen LogP contribution in [0.4, 0.5) is 0 Å². The molecule has 0 aromatic heterocycles. The number of carbonyl (C=O) groups excluding carboxylic acids is 1. The average molecular weight is 264 g/mol. The van der Waals surface area contributed by atoms with Gasteiger partial charge in [0.05, 0.1) is 6.26 Å². The van der Waals surface area contributed by atoms with Gasteiger partial charge in [0, 0.05) is 25.0 Å². The minimum absolute atomic E-state index is 0.00940. The molecule has 17 heavy (non-hydrogen) atoms. The van der Waals surface area contributed by atoms with Crippen molar-refractivity contribution >= 4 is 15.9 Å². The number of nitrogens with one attached hydrogen (secondary N) is 1. The van der Waals surface area contributed by atoms with Crippen LogP contribution in [-0.2, 0) is 14.8 Å². The summed E-state index contributed by atoms with van der Waals surface area (Å²) in [6.07, 6.45) is 1.72. The van der Waals surface area contributed by atoms with Crippen LogP contribution in [0.3, 0.4) is 0 Å². The number of carbonyl (C=O) groups is 1. The van der Waals surface area contributed by atoms with Crippen LogP contribution in [0, 0.1) is 0 Å². The van der Waals surface area contributed by atoms with Gasteiger partial charge in [0.15, 0.2) is 0 Å². The second-order valence-corrected chi connectivity index (χ2v) is 7.06. The van der Waals surface area contributed by atoms with Crippen LogP contribution in [-0.4, -0.2) is 43.6 Å². The first kappa shape index (κ1) is 16.4. The highest BCUT2D eigenvalue weighted by Crippen LogP contribution is 2.12. The van der Waals surface area contributed by atoms with Gasteiger partial charge >= 0.3 is 0 Å². The highest BCUT2D eigenvalue weighted by atomic mass is 32.2. The van der Waals surface area contributed by atoms with Crippen LogP contribution in [0.15, 0.2) is 0 Å². The Morgan fingerprint density at radius 3 is 2.12 bits per heavy atom. The van der Waals surface area contributed by atoms with Crippen LogP contribution >= 0.6 is 0 Å². The molecule has 0 aromatic carbocycles. The summed E-state index contributed by atoms with van der Waals surface area (Å²) in [5, 5.41) is 0. The third-order valence-corrected chi connectivity index (χ3v) is 3.39. The molecule has 0 atom stereocenters. The maximum atomic E-state index is 11.4. The molecule has 0 unspecified atom stereocenters. The molecule has 0 spiro atoms. The van der Waals surface area contributed by atoms with E-state index in [2.05, 4.69) is 4.72 Å². The molecule has 0 aliphatic carbocycles.